The van der Waals surface area contributed by atoms with Crippen molar-refractivity contribution in [1.82, 2.24) is 0 Å². The molecule has 3 aromatic carbocycles. The Morgan fingerprint density at radius 2 is 1.74 bits per heavy atom. The summed E-state index contributed by atoms with van der Waals surface area (Å²) >= 11 is 0. The van der Waals surface area contributed by atoms with Crippen LogP contribution in [0.5, 0.6) is 11.5 Å². The summed E-state index contributed by atoms with van der Waals surface area (Å²) in [5.41, 5.74) is 2.64. The molecule has 0 heterocycles. The van der Waals surface area contributed by atoms with E-state index in [2.05, 4.69) is 4.99 Å². The third-order valence-electron chi connectivity index (χ3n) is 3.85. The highest BCUT2D eigenvalue weighted by molar-refractivity contribution is 5.83. The summed E-state index contributed by atoms with van der Waals surface area (Å²) in [6.45, 7) is 0.284. The number of rotatable bonds is 7. The van der Waals surface area contributed by atoms with E-state index in [0.29, 0.717) is 11.5 Å². The molecule has 0 bridgehead atoms. The number of non-ortho nitro benzene ring substituents is 1. The monoisotopic (exact) mass is 362 g/mol. The van der Waals surface area contributed by atoms with Gasteiger partial charge in [0, 0.05) is 18.3 Å². The third kappa shape index (κ3) is 4.92. The summed E-state index contributed by atoms with van der Waals surface area (Å²) in [6, 6.07) is 21.5. The maximum absolute atomic E-state index is 10.7. The smallest absolute Gasteiger partial charge is 0.269 e. The summed E-state index contributed by atoms with van der Waals surface area (Å²) in [4.78, 5) is 14.7. The first-order valence-electron chi connectivity index (χ1n) is 8.29. The summed E-state index contributed by atoms with van der Waals surface area (Å²) < 4.78 is 11.2. The normalized spacial score (nSPS) is 10.7. The van der Waals surface area contributed by atoms with Crippen LogP contribution in [0, 0.1) is 10.1 Å². The fourth-order valence-electron chi connectivity index (χ4n) is 2.42. The standard InChI is InChI=1S/C21H18N2O4/c1-26-21-13-17(14-22-18-5-3-2-4-6-18)9-12-20(21)27-15-16-7-10-19(11-8-16)23(24)25/h2-14H,15H2,1H3. The molecule has 0 N–H and O–H groups in total. The van der Waals surface area contributed by atoms with Gasteiger partial charge in [-0.15, -0.1) is 0 Å². The van der Waals surface area contributed by atoms with Crippen LogP contribution >= 0.6 is 0 Å². The Hall–Kier alpha value is -3.67. The van der Waals surface area contributed by atoms with Gasteiger partial charge in [-0.3, -0.25) is 15.1 Å². The van der Waals surface area contributed by atoms with Crippen molar-refractivity contribution in [2.45, 2.75) is 6.61 Å². The molecule has 0 spiro atoms. The fraction of sp³-hybridized carbons (Fsp3) is 0.0952. The molecule has 6 nitrogen and oxygen atoms in total. The molecule has 0 amide bonds. The van der Waals surface area contributed by atoms with E-state index in [9.17, 15) is 10.1 Å². The lowest BCUT2D eigenvalue weighted by atomic mass is 10.2. The van der Waals surface area contributed by atoms with Gasteiger partial charge in [-0.05, 0) is 53.6 Å². The van der Waals surface area contributed by atoms with E-state index in [4.69, 9.17) is 9.47 Å². The van der Waals surface area contributed by atoms with Crippen molar-refractivity contribution < 1.29 is 14.4 Å². The number of nitro benzene ring substituents is 1. The number of para-hydroxylation sites is 1. The Morgan fingerprint density at radius 3 is 2.41 bits per heavy atom. The van der Waals surface area contributed by atoms with Gasteiger partial charge in [-0.25, -0.2) is 0 Å². The second-order valence-corrected chi connectivity index (χ2v) is 5.72. The zero-order chi connectivity index (χ0) is 19.1. The van der Waals surface area contributed by atoms with Crippen LogP contribution in [-0.2, 0) is 6.61 Å². The number of benzene rings is 3. The minimum Gasteiger partial charge on any atom is -0.493 e. The Bertz CT molecular complexity index is 938. The lowest BCUT2D eigenvalue weighted by Crippen LogP contribution is -1.99. The minimum absolute atomic E-state index is 0.0541. The second-order valence-electron chi connectivity index (χ2n) is 5.72. The molecule has 6 heteroatoms. The number of aliphatic imine (C=N–C) groups is 1. The van der Waals surface area contributed by atoms with Gasteiger partial charge >= 0.3 is 0 Å². The van der Waals surface area contributed by atoms with Gasteiger partial charge in [0.25, 0.3) is 5.69 Å². The van der Waals surface area contributed by atoms with Crippen molar-refractivity contribution in [1.29, 1.82) is 0 Å². The molecule has 3 rings (SSSR count). The van der Waals surface area contributed by atoms with Crippen molar-refractivity contribution >= 4 is 17.6 Å². The van der Waals surface area contributed by atoms with Crippen LogP contribution in [0.2, 0.25) is 0 Å². The average molecular weight is 362 g/mol. The van der Waals surface area contributed by atoms with Crippen LogP contribution in [0.4, 0.5) is 11.4 Å². The molecule has 0 radical (unpaired) electrons. The lowest BCUT2D eigenvalue weighted by molar-refractivity contribution is -0.384. The maximum Gasteiger partial charge on any atom is 0.269 e. The first-order chi connectivity index (χ1) is 13.2. The van der Waals surface area contributed by atoms with Gasteiger partial charge in [0.05, 0.1) is 17.7 Å². The zero-order valence-electron chi connectivity index (χ0n) is 14.7. The molecule has 0 unspecified atom stereocenters. The van der Waals surface area contributed by atoms with Gasteiger partial charge < -0.3 is 9.47 Å². The molecule has 0 aliphatic heterocycles. The SMILES string of the molecule is COc1cc(C=Nc2ccccc2)ccc1OCc1ccc([N+](=O)[O-])cc1. The predicted molar refractivity (Wildman–Crippen MR) is 104 cm³/mol. The topological polar surface area (TPSA) is 74.0 Å². The van der Waals surface area contributed by atoms with Crippen LogP contribution in [-0.4, -0.2) is 18.2 Å². The van der Waals surface area contributed by atoms with E-state index in [-0.39, 0.29) is 12.3 Å². The Balaban J connectivity index is 1.69. The average Bonchev–Trinajstić information content (AvgIpc) is 2.72. The molecule has 136 valence electrons. The Morgan fingerprint density at radius 1 is 1.00 bits per heavy atom. The highest BCUT2D eigenvalue weighted by atomic mass is 16.6. The number of methoxy groups -OCH3 is 1. The van der Waals surface area contributed by atoms with E-state index < -0.39 is 4.92 Å². The summed E-state index contributed by atoms with van der Waals surface area (Å²) in [7, 11) is 1.58. The quantitative estimate of drug-likeness (QED) is 0.339. The molecule has 0 aliphatic rings. The molecule has 0 saturated heterocycles. The lowest BCUT2D eigenvalue weighted by Gasteiger charge is -2.11. The van der Waals surface area contributed by atoms with Crippen molar-refractivity contribution in [3.63, 3.8) is 0 Å². The molecule has 27 heavy (non-hydrogen) atoms. The van der Waals surface area contributed by atoms with E-state index in [1.54, 1.807) is 25.5 Å². The second kappa shape index (κ2) is 8.62. The Labute approximate surface area is 156 Å². The number of nitrogens with zero attached hydrogens (tertiary/aromatic N) is 2. The molecule has 0 saturated carbocycles. The predicted octanol–water partition coefficient (Wildman–Crippen LogP) is 4.93. The van der Waals surface area contributed by atoms with Gasteiger partial charge in [-0.1, -0.05) is 18.2 Å². The first-order valence-corrected chi connectivity index (χ1v) is 8.29. The van der Waals surface area contributed by atoms with Crippen molar-refractivity contribution in [3.8, 4) is 11.5 Å². The molecule has 0 fully saturated rings. The summed E-state index contributed by atoms with van der Waals surface area (Å²) in [5, 5.41) is 10.7. The van der Waals surface area contributed by atoms with Crippen LogP contribution in [0.15, 0.2) is 77.8 Å². The first kappa shape index (κ1) is 18.1. The maximum atomic E-state index is 10.7. The number of hydrogen-bond donors (Lipinski definition) is 0. The molecular formula is C21H18N2O4. The van der Waals surface area contributed by atoms with E-state index in [1.807, 2.05) is 48.5 Å². The fourth-order valence-corrected chi connectivity index (χ4v) is 2.42. The largest absolute Gasteiger partial charge is 0.493 e. The number of ether oxygens (including phenoxy) is 2. The van der Waals surface area contributed by atoms with E-state index >= 15 is 0 Å². The molecule has 3 aromatic rings. The van der Waals surface area contributed by atoms with Gasteiger partial charge in [0.1, 0.15) is 6.61 Å². The van der Waals surface area contributed by atoms with Gasteiger partial charge in [0.15, 0.2) is 11.5 Å². The number of hydrogen-bond acceptors (Lipinski definition) is 5. The summed E-state index contributed by atoms with van der Waals surface area (Å²) in [5.74, 6) is 1.18. The van der Waals surface area contributed by atoms with Crippen LogP contribution < -0.4 is 9.47 Å². The van der Waals surface area contributed by atoms with Crippen molar-refractivity contribution in [3.05, 3.63) is 94.0 Å². The third-order valence-corrected chi connectivity index (χ3v) is 3.85. The van der Waals surface area contributed by atoms with Gasteiger partial charge in [-0.2, -0.15) is 0 Å². The van der Waals surface area contributed by atoms with E-state index in [1.165, 1.54) is 12.1 Å². The van der Waals surface area contributed by atoms with Crippen molar-refractivity contribution in [2.24, 2.45) is 4.99 Å². The van der Waals surface area contributed by atoms with Gasteiger partial charge in [0.2, 0.25) is 0 Å². The minimum atomic E-state index is -0.427. The number of nitro groups is 1. The summed E-state index contributed by atoms with van der Waals surface area (Å²) in [6.07, 6.45) is 1.76. The molecule has 0 atom stereocenters. The van der Waals surface area contributed by atoms with E-state index in [0.717, 1.165) is 16.8 Å². The van der Waals surface area contributed by atoms with Crippen LogP contribution in [0.3, 0.4) is 0 Å². The molecule has 0 aromatic heterocycles. The highest BCUT2D eigenvalue weighted by Gasteiger charge is 2.07. The zero-order valence-corrected chi connectivity index (χ0v) is 14.7. The van der Waals surface area contributed by atoms with Crippen LogP contribution in [0.25, 0.3) is 0 Å². The van der Waals surface area contributed by atoms with Crippen LogP contribution in [0.1, 0.15) is 11.1 Å². The Kier molecular flexibility index (Phi) is 5.79. The highest BCUT2D eigenvalue weighted by Crippen LogP contribution is 2.28. The molecular weight excluding hydrogens is 344 g/mol. The molecule has 0 aliphatic carbocycles. The van der Waals surface area contributed by atoms with Crippen molar-refractivity contribution in [2.75, 3.05) is 7.11 Å².